The lowest BCUT2D eigenvalue weighted by molar-refractivity contribution is 0.302. The van der Waals surface area contributed by atoms with Crippen molar-refractivity contribution in [3.8, 4) is 0 Å². The molecule has 0 atom stereocenters. The largest absolute Gasteiger partial charge is 0.395 e. The second-order valence-corrected chi connectivity index (χ2v) is 4.28. The molecule has 0 unspecified atom stereocenters. The molecule has 1 aromatic carbocycles. The van der Waals surface area contributed by atoms with Gasteiger partial charge in [-0.25, -0.2) is 4.98 Å². The summed E-state index contributed by atoms with van der Waals surface area (Å²) < 4.78 is 1.20. The third-order valence-electron chi connectivity index (χ3n) is 2.30. The van der Waals surface area contributed by atoms with E-state index in [4.69, 9.17) is 5.11 Å². The summed E-state index contributed by atoms with van der Waals surface area (Å²) in [5, 5.41) is 9.93. The first-order valence-corrected chi connectivity index (χ1v) is 5.88. The maximum absolute atomic E-state index is 8.94. The van der Waals surface area contributed by atoms with E-state index in [9.17, 15) is 0 Å². The molecule has 0 radical (unpaired) electrons. The first-order valence-electron chi connectivity index (χ1n) is 5.06. The zero-order chi connectivity index (χ0) is 10.7. The average molecular weight is 222 g/mol. The number of anilines is 1. The molecule has 15 heavy (non-hydrogen) atoms. The van der Waals surface area contributed by atoms with E-state index in [-0.39, 0.29) is 6.61 Å². The van der Waals surface area contributed by atoms with Gasteiger partial charge in [-0.3, -0.25) is 0 Å². The van der Waals surface area contributed by atoms with Crippen molar-refractivity contribution in [3.63, 3.8) is 0 Å². The van der Waals surface area contributed by atoms with Crippen LogP contribution in [0.15, 0.2) is 24.3 Å². The molecule has 2 aromatic rings. The number of aromatic nitrogens is 1. The number of rotatable bonds is 4. The third-order valence-corrected chi connectivity index (χ3v) is 3.40. The van der Waals surface area contributed by atoms with Gasteiger partial charge in [0.1, 0.15) is 0 Å². The molecule has 0 saturated heterocycles. The van der Waals surface area contributed by atoms with Gasteiger partial charge in [0.05, 0.1) is 16.8 Å². The summed E-state index contributed by atoms with van der Waals surface area (Å²) in [7, 11) is 0. The Morgan fingerprint density at radius 2 is 2.20 bits per heavy atom. The first kappa shape index (κ1) is 10.4. The lowest BCUT2D eigenvalue weighted by atomic mass is 10.3. The van der Waals surface area contributed by atoms with Gasteiger partial charge in [-0.2, -0.15) is 0 Å². The number of aliphatic hydroxyl groups is 1. The van der Waals surface area contributed by atoms with Crippen molar-refractivity contribution in [2.75, 3.05) is 24.6 Å². The minimum Gasteiger partial charge on any atom is -0.395 e. The standard InChI is InChI=1S/C11H14N2OS/c1-2-13(7-8-14)11-12-9-5-3-4-6-10(9)15-11/h3-6,14H,2,7-8H2,1H3. The maximum atomic E-state index is 8.94. The molecule has 80 valence electrons. The summed E-state index contributed by atoms with van der Waals surface area (Å²) >= 11 is 1.67. The summed E-state index contributed by atoms with van der Waals surface area (Å²) in [6, 6.07) is 8.10. The van der Waals surface area contributed by atoms with Crippen LogP contribution in [0.2, 0.25) is 0 Å². The minimum atomic E-state index is 0.170. The van der Waals surface area contributed by atoms with E-state index in [0.29, 0.717) is 6.54 Å². The molecule has 0 saturated carbocycles. The summed E-state index contributed by atoms with van der Waals surface area (Å²) in [5.74, 6) is 0. The van der Waals surface area contributed by atoms with Crippen molar-refractivity contribution < 1.29 is 5.11 Å². The van der Waals surface area contributed by atoms with Gasteiger partial charge < -0.3 is 10.0 Å². The molecule has 4 heteroatoms. The summed E-state index contributed by atoms with van der Waals surface area (Å²) in [6.45, 7) is 3.77. The Hall–Kier alpha value is -1.13. The molecular weight excluding hydrogens is 208 g/mol. The van der Waals surface area contributed by atoms with E-state index >= 15 is 0 Å². The third kappa shape index (κ3) is 2.11. The highest BCUT2D eigenvalue weighted by molar-refractivity contribution is 7.22. The summed E-state index contributed by atoms with van der Waals surface area (Å²) in [5.41, 5.74) is 1.04. The van der Waals surface area contributed by atoms with Crippen LogP contribution in [0, 0.1) is 0 Å². The topological polar surface area (TPSA) is 36.4 Å². The van der Waals surface area contributed by atoms with E-state index in [2.05, 4.69) is 22.9 Å². The Kier molecular flexibility index (Phi) is 3.18. The molecule has 1 aromatic heterocycles. The lowest BCUT2D eigenvalue weighted by Crippen LogP contribution is -2.25. The number of hydrogen-bond acceptors (Lipinski definition) is 4. The Labute approximate surface area is 93.0 Å². The van der Waals surface area contributed by atoms with Crippen LogP contribution < -0.4 is 4.90 Å². The van der Waals surface area contributed by atoms with Crippen molar-refractivity contribution in [1.29, 1.82) is 0 Å². The van der Waals surface area contributed by atoms with Crippen LogP contribution >= 0.6 is 11.3 Å². The molecular formula is C11H14N2OS. The van der Waals surface area contributed by atoms with Crippen LogP contribution in [-0.4, -0.2) is 29.8 Å². The van der Waals surface area contributed by atoms with Crippen molar-refractivity contribution in [2.45, 2.75) is 6.92 Å². The summed E-state index contributed by atoms with van der Waals surface area (Å²) in [6.07, 6.45) is 0. The number of likely N-dealkylation sites (N-methyl/N-ethyl adjacent to an activating group) is 1. The van der Waals surface area contributed by atoms with Gasteiger partial charge in [0.25, 0.3) is 0 Å². The zero-order valence-electron chi connectivity index (χ0n) is 8.68. The molecule has 0 amide bonds. The fourth-order valence-electron chi connectivity index (χ4n) is 1.51. The Balaban J connectivity index is 2.34. The molecule has 0 bridgehead atoms. The van der Waals surface area contributed by atoms with E-state index in [1.807, 2.05) is 18.2 Å². The van der Waals surface area contributed by atoms with Crippen LogP contribution in [-0.2, 0) is 0 Å². The van der Waals surface area contributed by atoms with Crippen LogP contribution in [0.5, 0.6) is 0 Å². The highest BCUT2D eigenvalue weighted by Crippen LogP contribution is 2.27. The number of fused-ring (bicyclic) bond motifs is 1. The van der Waals surface area contributed by atoms with Crippen LogP contribution in [0.1, 0.15) is 6.92 Å². The SMILES string of the molecule is CCN(CCO)c1nc2ccccc2s1. The molecule has 0 aliphatic carbocycles. The number of para-hydroxylation sites is 1. The van der Waals surface area contributed by atoms with E-state index in [0.717, 1.165) is 17.2 Å². The van der Waals surface area contributed by atoms with Gasteiger partial charge in [-0.15, -0.1) is 0 Å². The minimum absolute atomic E-state index is 0.170. The van der Waals surface area contributed by atoms with Crippen molar-refractivity contribution >= 4 is 26.7 Å². The molecule has 0 spiro atoms. The molecule has 0 fully saturated rings. The monoisotopic (exact) mass is 222 g/mol. The average Bonchev–Trinajstić information content (AvgIpc) is 2.69. The second kappa shape index (κ2) is 4.59. The molecule has 0 aliphatic heterocycles. The van der Waals surface area contributed by atoms with Crippen LogP contribution in [0.3, 0.4) is 0 Å². The fraction of sp³-hybridized carbons (Fsp3) is 0.364. The lowest BCUT2D eigenvalue weighted by Gasteiger charge is -2.17. The normalized spacial score (nSPS) is 10.8. The van der Waals surface area contributed by atoms with Crippen molar-refractivity contribution in [2.24, 2.45) is 0 Å². The van der Waals surface area contributed by atoms with E-state index in [1.54, 1.807) is 11.3 Å². The van der Waals surface area contributed by atoms with Gasteiger partial charge in [0.2, 0.25) is 0 Å². The highest BCUT2D eigenvalue weighted by Gasteiger charge is 2.09. The number of hydrogen-bond donors (Lipinski definition) is 1. The second-order valence-electron chi connectivity index (χ2n) is 3.27. The Morgan fingerprint density at radius 3 is 2.87 bits per heavy atom. The number of nitrogens with zero attached hydrogens (tertiary/aromatic N) is 2. The van der Waals surface area contributed by atoms with Gasteiger partial charge in [-0.1, -0.05) is 23.5 Å². The molecule has 2 rings (SSSR count). The van der Waals surface area contributed by atoms with E-state index in [1.165, 1.54) is 4.70 Å². The van der Waals surface area contributed by atoms with Crippen molar-refractivity contribution in [3.05, 3.63) is 24.3 Å². The van der Waals surface area contributed by atoms with Gasteiger partial charge >= 0.3 is 0 Å². The number of aliphatic hydroxyl groups excluding tert-OH is 1. The molecule has 0 aliphatic rings. The molecule has 3 nitrogen and oxygen atoms in total. The van der Waals surface area contributed by atoms with Crippen molar-refractivity contribution in [1.82, 2.24) is 4.98 Å². The predicted octanol–water partition coefficient (Wildman–Crippen LogP) is 2.11. The van der Waals surface area contributed by atoms with E-state index < -0.39 is 0 Å². The Bertz CT molecular complexity index is 408. The van der Waals surface area contributed by atoms with Gasteiger partial charge in [0.15, 0.2) is 5.13 Å². The molecule has 1 N–H and O–H groups in total. The quantitative estimate of drug-likeness (QED) is 0.860. The highest BCUT2D eigenvalue weighted by atomic mass is 32.1. The summed E-state index contributed by atoms with van der Waals surface area (Å²) in [4.78, 5) is 6.62. The first-order chi connectivity index (χ1) is 7.35. The van der Waals surface area contributed by atoms with Crippen LogP contribution in [0.4, 0.5) is 5.13 Å². The maximum Gasteiger partial charge on any atom is 0.186 e. The smallest absolute Gasteiger partial charge is 0.186 e. The fourth-order valence-corrected chi connectivity index (χ4v) is 2.56. The zero-order valence-corrected chi connectivity index (χ0v) is 9.50. The number of benzene rings is 1. The molecule has 1 heterocycles. The number of thiazole rings is 1. The predicted molar refractivity (Wildman–Crippen MR) is 64.6 cm³/mol. The van der Waals surface area contributed by atoms with Gasteiger partial charge in [0, 0.05) is 13.1 Å². The Morgan fingerprint density at radius 1 is 1.40 bits per heavy atom. The van der Waals surface area contributed by atoms with Gasteiger partial charge in [-0.05, 0) is 19.1 Å². The van der Waals surface area contributed by atoms with Crippen LogP contribution in [0.25, 0.3) is 10.2 Å².